The number of aryl methyl sites for hydroxylation is 2. The Morgan fingerprint density at radius 2 is 1.96 bits per heavy atom. The molecule has 1 aliphatic rings. The van der Waals surface area contributed by atoms with E-state index in [1.165, 1.54) is 18.2 Å². The zero-order valence-corrected chi connectivity index (χ0v) is 13.4. The highest BCUT2D eigenvalue weighted by atomic mass is 19.4. The molecule has 0 aliphatic heterocycles. The molecule has 0 amide bonds. The van der Waals surface area contributed by atoms with Crippen molar-refractivity contribution in [2.24, 2.45) is 7.05 Å². The van der Waals surface area contributed by atoms with Crippen molar-refractivity contribution in [3.8, 4) is 11.6 Å². The van der Waals surface area contributed by atoms with Gasteiger partial charge in [0.05, 0.1) is 0 Å². The van der Waals surface area contributed by atoms with Crippen molar-refractivity contribution in [1.82, 2.24) is 19.9 Å². The molecule has 25 heavy (non-hydrogen) atoms. The van der Waals surface area contributed by atoms with Gasteiger partial charge in [0.2, 0.25) is 0 Å². The number of benzene rings is 1. The Labute approximate surface area is 141 Å². The zero-order chi connectivity index (χ0) is 17.6. The standard InChI is InChI=1S/C17H15F3N4O/c1-24-14(17(18,19)20)9-13(22-24)16-21-15(23-25-16)12-7-6-10-4-2-3-5-11(10)8-12/h2-5,9,12H,6-8H2,1H3. The molecule has 1 unspecified atom stereocenters. The number of halogens is 3. The summed E-state index contributed by atoms with van der Waals surface area (Å²) in [6, 6.07) is 9.13. The van der Waals surface area contributed by atoms with Gasteiger partial charge in [0.15, 0.2) is 11.5 Å². The lowest BCUT2D eigenvalue weighted by Crippen LogP contribution is -2.13. The molecule has 0 spiro atoms. The molecule has 2 aromatic heterocycles. The van der Waals surface area contributed by atoms with Crippen LogP contribution in [0.1, 0.15) is 35.0 Å². The SMILES string of the molecule is Cn1nc(-c2nc(C3CCc4ccccc4C3)no2)cc1C(F)(F)F. The summed E-state index contributed by atoms with van der Waals surface area (Å²) >= 11 is 0. The van der Waals surface area contributed by atoms with Crippen molar-refractivity contribution in [2.45, 2.75) is 31.4 Å². The van der Waals surface area contributed by atoms with E-state index in [1.54, 1.807) is 0 Å². The van der Waals surface area contributed by atoms with Gasteiger partial charge in [0.25, 0.3) is 5.89 Å². The van der Waals surface area contributed by atoms with E-state index in [9.17, 15) is 13.2 Å². The van der Waals surface area contributed by atoms with Gasteiger partial charge < -0.3 is 4.52 Å². The third-order valence-electron chi connectivity index (χ3n) is 4.54. The second kappa shape index (κ2) is 5.72. The largest absolute Gasteiger partial charge is 0.433 e. The molecular formula is C17H15F3N4O. The number of rotatable bonds is 2. The second-order valence-electron chi connectivity index (χ2n) is 6.20. The summed E-state index contributed by atoms with van der Waals surface area (Å²) in [6.07, 6.45) is -1.88. The van der Waals surface area contributed by atoms with E-state index < -0.39 is 11.9 Å². The first kappa shape index (κ1) is 15.9. The number of nitrogens with zero attached hydrogens (tertiary/aromatic N) is 4. The Kier molecular flexibility index (Phi) is 3.63. The van der Waals surface area contributed by atoms with Crippen LogP contribution in [0.4, 0.5) is 13.2 Å². The average molecular weight is 348 g/mol. The van der Waals surface area contributed by atoms with E-state index in [0.717, 1.165) is 30.0 Å². The number of hydrogen-bond donors (Lipinski definition) is 0. The molecule has 0 N–H and O–H groups in total. The van der Waals surface area contributed by atoms with Crippen LogP contribution in [0.25, 0.3) is 11.6 Å². The van der Waals surface area contributed by atoms with Crippen molar-refractivity contribution in [2.75, 3.05) is 0 Å². The number of hydrogen-bond acceptors (Lipinski definition) is 4. The van der Waals surface area contributed by atoms with Crippen molar-refractivity contribution in [3.05, 3.63) is 53.0 Å². The Hall–Kier alpha value is -2.64. The predicted molar refractivity (Wildman–Crippen MR) is 82.7 cm³/mol. The minimum absolute atomic E-state index is 0.0139. The minimum atomic E-state index is -4.48. The molecule has 1 aliphatic carbocycles. The maximum atomic E-state index is 12.9. The first-order chi connectivity index (χ1) is 11.9. The molecule has 3 aromatic rings. The van der Waals surface area contributed by atoms with Crippen LogP contribution in [0.15, 0.2) is 34.9 Å². The summed E-state index contributed by atoms with van der Waals surface area (Å²) in [5, 5.41) is 7.82. The predicted octanol–water partition coefficient (Wildman–Crippen LogP) is 3.76. The third-order valence-corrected chi connectivity index (χ3v) is 4.54. The maximum absolute atomic E-state index is 12.9. The Bertz CT molecular complexity index is 913. The van der Waals surface area contributed by atoms with Gasteiger partial charge in [-0.15, -0.1) is 0 Å². The van der Waals surface area contributed by atoms with Crippen LogP contribution in [0.5, 0.6) is 0 Å². The normalized spacial score (nSPS) is 17.5. The minimum Gasteiger partial charge on any atom is -0.332 e. The average Bonchev–Trinajstić information content (AvgIpc) is 3.20. The highest BCUT2D eigenvalue weighted by molar-refractivity contribution is 5.47. The van der Waals surface area contributed by atoms with Gasteiger partial charge in [-0.05, 0) is 30.4 Å². The quantitative estimate of drug-likeness (QED) is 0.708. The molecule has 0 saturated heterocycles. The molecule has 1 aromatic carbocycles. The van der Waals surface area contributed by atoms with Crippen molar-refractivity contribution >= 4 is 0 Å². The van der Waals surface area contributed by atoms with Crippen LogP contribution in [0, 0.1) is 0 Å². The first-order valence-corrected chi connectivity index (χ1v) is 7.94. The van der Waals surface area contributed by atoms with Crippen LogP contribution in [-0.2, 0) is 26.1 Å². The van der Waals surface area contributed by atoms with Crippen molar-refractivity contribution < 1.29 is 17.7 Å². The lowest BCUT2D eigenvalue weighted by Gasteiger charge is -2.21. The smallest absolute Gasteiger partial charge is 0.332 e. The lowest BCUT2D eigenvalue weighted by molar-refractivity contribution is -0.143. The van der Waals surface area contributed by atoms with E-state index in [2.05, 4.69) is 27.4 Å². The van der Waals surface area contributed by atoms with Gasteiger partial charge in [-0.25, -0.2) is 0 Å². The number of fused-ring (bicyclic) bond motifs is 1. The maximum Gasteiger partial charge on any atom is 0.433 e. The summed E-state index contributed by atoms with van der Waals surface area (Å²) in [4.78, 5) is 4.29. The monoisotopic (exact) mass is 348 g/mol. The molecule has 8 heteroatoms. The van der Waals surface area contributed by atoms with Crippen LogP contribution in [0.3, 0.4) is 0 Å². The molecule has 0 fully saturated rings. The molecule has 4 rings (SSSR count). The van der Waals surface area contributed by atoms with Crippen LogP contribution in [-0.4, -0.2) is 19.9 Å². The van der Waals surface area contributed by atoms with Crippen molar-refractivity contribution in [1.29, 1.82) is 0 Å². The van der Waals surface area contributed by atoms with Crippen molar-refractivity contribution in [3.63, 3.8) is 0 Å². The summed E-state index contributed by atoms with van der Waals surface area (Å²) in [5.41, 5.74) is 1.75. The van der Waals surface area contributed by atoms with Gasteiger partial charge in [0.1, 0.15) is 5.69 Å². The highest BCUT2D eigenvalue weighted by Gasteiger charge is 2.36. The van der Waals surface area contributed by atoms with E-state index in [0.29, 0.717) is 5.82 Å². The van der Waals surface area contributed by atoms with Gasteiger partial charge in [-0.2, -0.15) is 23.3 Å². The zero-order valence-electron chi connectivity index (χ0n) is 13.4. The van der Waals surface area contributed by atoms with Crippen LogP contribution in [0.2, 0.25) is 0 Å². The first-order valence-electron chi connectivity index (χ1n) is 7.94. The molecule has 1 atom stereocenters. The highest BCUT2D eigenvalue weighted by Crippen LogP contribution is 2.34. The lowest BCUT2D eigenvalue weighted by atomic mass is 9.83. The van der Waals surface area contributed by atoms with E-state index in [4.69, 9.17) is 4.52 Å². The summed E-state index contributed by atoms with van der Waals surface area (Å²) in [6.45, 7) is 0. The molecule has 0 bridgehead atoms. The van der Waals surface area contributed by atoms with E-state index in [1.807, 2.05) is 12.1 Å². The molecular weight excluding hydrogens is 333 g/mol. The van der Waals surface area contributed by atoms with Gasteiger partial charge in [0, 0.05) is 19.0 Å². The molecule has 5 nitrogen and oxygen atoms in total. The number of aromatic nitrogens is 4. The molecule has 0 radical (unpaired) electrons. The van der Waals surface area contributed by atoms with Gasteiger partial charge >= 0.3 is 6.18 Å². The Morgan fingerprint density at radius 1 is 1.20 bits per heavy atom. The van der Waals surface area contributed by atoms with Gasteiger partial charge in [-0.3, -0.25) is 4.68 Å². The van der Waals surface area contributed by atoms with E-state index >= 15 is 0 Å². The van der Waals surface area contributed by atoms with Gasteiger partial charge in [-0.1, -0.05) is 29.4 Å². The third kappa shape index (κ3) is 2.92. The Morgan fingerprint density at radius 3 is 2.68 bits per heavy atom. The Balaban J connectivity index is 1.59. The van der Waals surface area contributed by atoms with Crippen LogP contribution >= 0.6 is 0 Å². The fraction of sp³-hybridized carbons (Fsp3) is 0.353. The fourth-order valence-corrected chi connectivity index (χ4v) is 3.26. The molecule has 130 valence electrons. The summed E-state index contributed by atoms with van der Waals surface area (Å²) in [5.74, 6) is 0.627. The fourth-order valence-electron chi connectivity index (χ4n) is 3.26. The summed E-state index contributed by atoms with van der Waals surface area (Å²) in [7, 11) is 1.24. The molecule has 0 saturated carbocycles. The second-order valence-corrected chi connectivity index (χ2v) is 6.20. The van der Waals surface area contributed by atoms with E-state index in [-0.39, 0.29) is 17.5 Å². The molecule has 2 heterocycles. The summed E-state index contributed by atoms with van der Waals surface area (Å²) < 4.78 is 44.6. The van der Waals surface area contributed by atoms with Crippen LogP contribution < -0.4 is 0 Å². The number of alkyl halides is 3. The topological polar surface area (TPSA) is 56.7 Å².